The Hall–Kier alpha value is -1.02. The van der Waals surface area contributed by atoms with Gasteiger partial charge >= 0.3 is 0 Å². The number of hydrogen-bond acceptors (Lipinski definition) is 2. The maximum Gasteiger partial charge on any atom is 0.123 e. The Morgan fingerprint density at radius 3 is 2.37 bits per heavy atom. The van der Waals surface area contributed by atoms with Crippen molar-refractivity contribution in [2.75, 3.05) is 7.11 Å². The molecule has 1 fully saturated rings. The van der Waals surface area contributed by atoms with E-state index in [-0.39, 0.29) is 11.5 Å². The van der Waals surface area contributed by atoms with E-state index in [0.717, 1.165) is 5.75 Å². The Balaban J connectivity index is 2.22. The van der Waals surface area contributed by atoms with Crippen LogP contribution < -0.4 is 10.5 Å². The van der Waals surface area contributed by atoms with Gasteiger partial charge in [0.2, 0.25) is 0 Å². The summed E-state index contributed by atoms with van der Waals surface area (Å²) in [6.45, 7) is 4.38. The normalized spacial score (nSPS) is 21.7. The lowest BCUT2D eigenvalue weighted by Crippen LogP contribution is -2.33. The highest BCUT2D eigenvalue weighted by molar-refractivity contribution is 5.56. The molecule has 19 heavy (non-hydrogen) atoms. The lowest BCUT2D eigenvalue weighted by atomic mass is 9.77. The van der Waals surface area contributed by atoms with Gasteiger partial charge in [-0.05, 0) is 75.1 Å². The fourth-order valence-corrected chi connectivity index (χ4v) is 3.90. The molecule has 1 atom stereocenters. The summed E-state index contributed by atoms with van der Waals surface area (Å²) >= 11 is 0. The second-order valence-electron chi connectivity index (χ2n) is 6.38. The van der Waals surface area contributed by atoms with Gasteiger partial charge in [0.1, 0.15) is 5.75 Å². The van der Waals surface area contributed by atoms with Gasteiger partial charge in [-0.2, -0.15) is 0 Å². The molecule has 0 aliphatic heterocycles. The minimum atomic E-state index is 0.195. The molecule has 0 spiro atoms. The average Bonchev–Trinajstić information content (AvgIpc) is 3.20. The van der Waals surface area contributed by atoms with Crippen LogP contribution in [0, 0.1) is 6.92 Å². The SMILES string of the molecule is COc1cc(C)c2c(c1C1(C(C)N)CC1)CCCC2. The van der Waals surface area contributed by atoms with Crippen LogP contribution in [-0.4, -0.2) is 13.2 Å². The number of benzene rings is 1. The van der Waals surface area contributed by atoms with Gasteiger partial charge in [0.15, 0.2) is 0 Å². The van der Waals surface area contributed by atoms with Crippen LogP contribution in [0.4, 0.5) is 0 Å². The van der Waals surface area contributed by atoms with Crippen molar-refractivity contribution >= 4 is 0 Å². The van der Waals surface area contributed by atoms with Crippen LogP contribution in [0.3, 0.4) is 0 Å². The molecule has 2 aliphatic carbocycles. The third-order valence-electron chi connectivity index (χ3n) is 5.22. The predicted octanol–water partition coefficient (Wildman–Crippen LogP) is 3.26. The van der Waals surface area contributed by atoms with Crippen molar-refractivity contribution in [2.24, 2.45) is 5.73 Å². The first-order chi connectivity index (χ1) is 9.10. The minimum absolute atomic E-state index is 0.195. The van der Waals surface area contributed by atoms with Crippen molar-refractivity contribution in [3.05, 3.63) is 28.3 Å². The number of nitrogens with two attached hydrogens (primary N) is 1. The first-order valence-corrected chi connectivity index (χ1v) is 7.55. The van der Waals surface area contributed by atoms with Crippen LogP contribution in [0.5, 0.6) is 5.75 Å². The first kappa shape index (κ1) is 13.0. The summed E-state index contributed by atoms with van der Waals surface area (Å²) in [6.07, 6.45) is 7.50. The molecule has 3 rings (SSSR count). The zero-order valence-electron chi connectivity index (χ0n) is 12.4. The van der Waals surface area contributed by atoms with Gasteiger partial charge in [-0.15, -0.1) is 0 Å². The zero-order valence-corrected chi connectivity index (χ0v) is 12.4. The van der Waals surface area contributed by atoms with E-state index in [2.05, 4.69) is 19.9 Å². The van der Waals surface area contributed by atoms with E-state index in [1.165, 1.54) is 49.7 Å². The average molecular weight is 259 g/mol. The summed E-state index contributed by atoms with van der Waals surface area (Å²) < 4.78 is 5.71. The van der Waals surface area contributed by atoms with Crippen LogP contribution in [0.25, 0.3) is 0 Å². The highest BCUT2D eigenvalue weighted by atomic mass is 16.5. The molecular weight excluding hydrogens is 234 g/mol. The topological polar surface area (TPSA) is 35.2 Å². The Labute approximate surface area is 116 Å². The molecule has 0 bridgehead atoms. The molecule has 2 N–H and O–H groups in total. The molecule has 2 aliphatic rings. The molecule has 0 saturated heterocycles. The maximum absolute atomic E-state index is 6.30. The first-order valence-electron chi connectivity index (χ1n) is 7.55. The van der Waals surface area contributed by atoms with E-state index in [1.54, 1.807) is 18.2 Å². The Kier molecular flexibility index (Phi) is 3.09. The third-order valence-corrected chi connectivity index (χ3v) is 5.22. The summed E-state index contributed by atoms with van der Waals surface area (Å²) in [5, 5.41) is 0. The molecule has 0 aromatic heterocycles. The summed E-state index contributed by atoms with van der Waals surface area (Å²) in [5.41, 5.74) is 12.5. The van der Waals surface area contributed by atoms with Crippen molar-refractivity contribution in [1.29, 1.82) is 0 Å². The minimum Gasteiger partial charge on any atom is -0.496 e. The van der Waals surface area contributed by atoms with Crippen molar-refractivity contribution < 1.29 is 4.74 Å². The van der Waals surface area contributed by atoms with Gasteiger partial charge in [-0.1, -0.05) is 0 Å². The number of aryl methyl sites for hydroxylation is 1. The fourth-order valence-electron chi connectivity index (χ4n) is 3.90. The van der Waals surface area contributed by atoms with Crippen molar-refractivity contribution in [2.45, 2.75) is 63.8 Å². The van der Waals surface area contributed by atoms with Crippen molar-refractivity contribution in [3.8, 4) is 5.75 Å². The molecule has 104 valence electrons. The summed E-state index contributed by atoms with van der Waals surface area (Å²) in [6, 6.07) is 2.46. The Bertz CT molecular complexity index is 500. The van der Waals surface area contributed by atoms with Crippen molar-refractivity contribution in [1.82, 2.24) is 0 Å². The molecular formula is C17H25NO. The van der Waals surface area contributed by atoms with Crippen LogP contribution in [0.1, 0.15) is 54.9 Å². The highest BCUT2D eigenvalue weighted by Gasteiger charge is 2.50. The Morgan fingerprint density at radius 2 is 1.84 bits per heavy atom. The van der Waals surface area contributed by atoms with Gasteiger partial charge in [-0.25, -0.2) is 0 Å². The van der Waals surface area contributed by atoms with Gasteiger partial charge in [0, 0.05) is 17.0 Å². The van der Waals surface area contributed by atoms with E-state index < -0.39 is 0 Å². The smallest absolute Gasteiger partial charge is 0.123 e. The molecule has 0 heterocycles. The molecule has 1 saturated carbocycles. The van der Waals surface area contributed by atoms with E-state index >= 15 is 0 Å². The summed E-state index contributed by atoms with van der Waals surface area (Å²) in [4.78, 5) is 0. The molecule has 0 radical (unpaired) electrons. The second kappa shape index (κ2) is 4.52. The van der Waals surface area contributed by atoms with Gasteiger partial charge in [-0.3, -0.25) is 0 Å². The number of methoxy groups -OCH3 is 1. The molecule has 0 amide bonds. The van der Waals surface area contributed by atoms with Crippen LogP contribution in [-0.2, 0) is 18.3 Å². The van der Waals surface area contributed by atoms with E-state index in [0.29, 0.717) is 0 Å². The molecule has 1 aromatic carbocycles. The Morgan fingerprint density at radius 1 is 1.21 bits per heavy atom. The highest BCUT2D eigenvalue weighted by Crippen LogP contribution is 2.55. The fraction of sp³-hybridized carbons (Fsp3) is 0.647. The monoisotopic (exact) mass is 259 g/mol. The zero-order chi connectivity index (χ0) is 13.6. The lowest BCUT2D eigenvalue weighted by molar-refractivity contribution is 0.395. The van der Waals surface area contributed by atoms with Crippen LogP contribution in [0.2, 0.25) is 0 Å². The molecule has 2 nitrogen and oxygen atoms in total. The number of fused-ring (bicyclic) bond motifs is 1. The van der Waals surface area contributed by atoms with Crippen molar-refractivity contribution in [3.63, 3.8) is 0 Å². The largest absolute Gasteiger partial charge is 0.496 e. The maximum atomic E-state index is 6.30. The predicted molar refractivity (Wildman–Crippen MR) is 78.9 cm³/mol. The van der Waals surface area contributed by atoms with E-state index in [9.17, 15) is 0 Å². The van der Waals surface area contributed by atoms with E-state index in [1.807, 2.05) is 0 Å². The van der Waals surface area contributed by atoms with Crippen LogP contribution >= 0.6 is 0 Å². The quantitative estimate of drug-likeness (QED) is 0.904. The van der Waals surface area contributed by atoms with Gasteiger partial charge in [0.25, 0.3) is 0 Å². The molecule has 2 heteroatoms. The van der Waals surface area contributed by atoms with Crippen LogP contribution in [0.15, 0.2) is 6.07 Å². The molecule has 1 unspecified atom stereocenters. The number of rotatable bonds is 3. The standard InChI is InChI=1S/C17H25NO/c1-11-10-15(19-3)16(17(8-9-17)12(2)18)14-7-5-4-6-13(11)14/h10,12H,4-9,18H2,1-3H3. The number of hydrogen-bond donors (Lipinski definition) is 1. The van der Waals surface area contributed by atoms with Gasteiger partial charge in [0.05, 0.1) is 7.11 Å². The molecule has 1 aromatic rings. The third kappa shape index (κ3) is 1.88. The van der Waals surface area contributed by atoms with Gasteiger partial charge < -0.3 is 10.5 Å². The second-order valence-corrected chi connectivity index (χ2v) is 6.38. The lowest BCUT2D eigenvalue weighted by Gasteiger charge is -2.30. The number of ether oxygens (including phenoxy) is 1. The summed E-state index contributed by atoms with van der Waals surface area (Å²) in [5.74, 6) is 1.08. The summed E-state index contributed by atoms with van der Waals surface area (Å²) in [7, 11) is 1.80. The van der Waals surface area contributed by atoms with E-state index in [4.69, 9.17) is 10.5 Å².